The molecule has 0 aromatic carbocycles. The zero-order valence-corrected chi connectivity index (χ0v) is 13.0. The molecule has 0 unspecified atom stereocenters. The second-order valence-electron chi connectivity index (χ2n) is 7.62. The number of aromatic nitrogens is 2. The maximum absolute atomic E-state index is 5.06. The number of ether oxygens (including phenoxy) is 1. The number of H-pyrrole nitrogens is 1. The summed E-state index contributed by atoms with van der Waals surface area (Å²) in [6, 6.07) is 0. The number of hydrogen-bond donors (Lipinski definition) is 2. The Kier molecular flexibility index (Phi) is 3.54. The predicted molar refractivity (Wildman–Crippen MR) is 82.0 cm³/mol. The van der Waals surface area contributed by atoms with Gasteiger partial charge in [0, 0.05) is 37.5 Å². The van der Waals surface area contributed by atoms with Gasteiger partial charge in [0.05, 0.1) is 6.61 Å². The van der Waals surface area contributed by atoms with Crippen molar-refractivity contribution < 1.29 is 4.74 Å². The summed E-state index contributed by atoms with van der Waals surface area (Å²) in [6.07, 6.45) is 10.6. The standard InChI is InChI=1S/C17H27N3O/c1-21-3-2-18-10-15-11-19-16(20-15)17-7-12-4-13(8-17)6-14(5-12)9-17/h11-14,18H,2-10H2,1H3,(H,19,20). The zero-order chi connectivity index (χ0) is 14.3. The Balaban J connectivity index is 1.45. The molecule has 4 heteroatoms. The Morgan fingerprint density at radius 2 is 1.90 bits per heavy atom. The lowest BCUT2D eigenvalue weighted by atomic mass is 9.49. The molecule has 0 atom stereocenters. The van der Waals surface area contributed by atoms with Gasteiger partial charge in [-0.05, 0) is 56.3 Å². The van der Waals surface area contributed by atoms with Crippen LogP contribution in [0.5, 0.6) is 0 Å². The number of hydrogen-bond acceptors (Lipinski definition) is 3. The Labute approximate surface area is 127 Å². The minimum atomic E-state index is 0.388. The zero-order valence-electron chi connectivity index (χ0n) is 13.0. The molecule has 4 bridgehead atoms. The van der Waals surface area contributed by atoms with Crippen molar-refractivity contribution in [2.75, 3.05) is 20.3 Å². The molecule has 0 radical (unpaired) electrons. The van der Waals surface area contributed by atoms with Gasteiger partial charge in [-0.25, -0.2) is 4.98 Å². The van der Waals surface area contributed by atoms with Gasteiger partial charge in [-0.2, -0.15) is 0 Å². The first-order valence-corrected chi connectivity index (χ1v) is 8.51. The van der Waals surface area contributed by atoms with Gasteiger partial charge in [-0.1, -0.05) is 0 Å². The maximum atomic E-state index is 5.06. The van der Waals surface area contributed by atoms with Gasteiger partial charge in [-0.15, -0.1) is 0 Å². The molecule has 4 aliphatic carbocycles. The highest BCUT2D eigenvalue weighted by Gasteiger charge is 2.52. The Morgan fingerprint density at radius 3 is 2.52 bits per heavy atom. The quantitative estimate of drug-likeness (QED) is 0.792. The molecule has 4 fully saturated rings. The molecule has 116 valence electrons. The maximum Gasteiger partial charge on any atom is 0.112 e. The fraction of sp³-hybridized carbons (Fsp3) is 0.824. The van der Waals surface area contributed by atoms with E-state index in [9.17, 15) is 0 Å². The first-order chi connectivity index (χ1) is 10.3. The second kappa shape index (κ2) is 5.40. The van der Waals surface area contributed by atoms with Gasteiger partial charge in [0.2, 0.25) is 0 Å². The largest absolute Gasteiger partial charge is 0.383 e. The van der Waals surface area contributed by atoms with E-state index in [1.807, 2.05) is 6.20 Å². The molecule has 0 aliphatic heterocycles. The Hall–Kier alpha value is -0.870. The number of rotatable bonds is 6. The van der Waals surface area contributed by atoms with Crippen molar-refractivity contribution in [3.8, 4) is 0 Å². The molecule has 1 heterocycles. The predicted octanol–water partition coefficient (Wildman–Crippen LogP) is 2.61. The molecule has 2 N–H and O–H groups in total. The van der Waals surface area contributed by atoms with Crippen molar-refractivity contribution in [2.24, 2.45) is 17.8 Å². The van der Waals surface area contributed by atoms with Gasteiger partial charge in [0.25, 0.3) is 0 Å². The van der Waals surface area contributed by atoms with Crippen molar-refractivity contribution in [2.45, 2.75) is 50.5 Å². The van der Waals surface area contributed by atoms with Crippen LogP contribution in [-0.2, 0) is 16.7 Å². The summed E-state index contributed by atoms with van der Waals surface area (Å²) in [6.45, 7) is 2.51. The summed E-state index contributed by atoms with van der Waals surface area (Å²) in [5.41, 5.74) is 1.61. The fourth-order valence-electron chi connectivity index (χ4n) is 5.52. The Morgan fingerprint density at radius 1 is 1.24 bits per heavy atom. The van der Waals surface area contributed by atoms with Gasteiger partial charge in [0.15, 0.2) is 0 Å². The van der Waals surface area contributed by atoms with Crippen LogP contribution in [0.2, 0.25) is 0 Å². The molecule has 1 aromatic rings. The van der Waals surface area contributed by atoms with Crippen LogP contribution in [0.1, 0.15) is 50.0 Å². The Bertz CT molecular complexity index is 461. The van der Waals surface area contributed by atoms with E-state index >= 15 is 0 Å². The van der Waals surface area contributed by atoms with Gasteiger partial charge in [0.1, 0.15) is 5.82 Å². The van der Waals surface area contributed by atoms with E-state index in [4.69, 9.17) is 9.72 Å². The summed E-state index contributed by atoms with van der Waals surface area (Å²) in [7, 11) is 1.74. The topological polar surface area (TPSA) is 49.9 Å². The number of imidazole rings is 1. The highest BCUT2D eigenvalue weighted by molar-refractivity contribution is 5.19. The van der Waals surface area contributed by atoms with Crippen LogP contribution in [0.25, 0.3) is 0 Å². The van der Waals surface area contributed by atoms with E-state index in [0.29, 0.717) is 5.41 Å². The van der Waals surface area contributed by atoms with Crippen LogP contribution >= 0.6 is 0 Å². The normalized spacial score (nSPS) is 37.3. The van der Waals surface area contributed by atoms with E-state index < -0.39 is 0 Å². The van der Waals surface area contributed by atoms with Crippen molar-refractivity contribution in [1.29, 1.82) is 0 Å². The minimum Gasteiger partial charge on any atom is -0.383 e. The van der Waals surface area contributed by atoms with Gasteiger partial charge < -0.3 is 15.0 Å². The van der Waals surface area contributed by atoms with E-state index in [0.717, 1.165) is 37.5 Å². The van der Waals surface area contributed by atoms with Crippen LogP contribution in [0, 0.1) is 17.8 Å². The van der Waals surface area contributed by atoms with Crippen LogP contribution in [-0.4, -0.2) is 30.2 Å². The van der Waals surface area contributed by atoms with Crippen LogP contribution in [0.15, 0.2) is 6.20 Å². The SMILES string of the molecule is COCCNCc1cnc(C23CC4CC(CC(C4)C2)C3)[nH]1. The molecule has 4 nitrogen and oxygen atoms in total. The molecular formula is C17H27N3O. The minimum absolute atomic E-state index is 0.388. The lowest BCUT2D eigenvalue weighted by Crippen LogP contribution is -2.49. The molecular weight excluding hydrogens is 262 g/mol. The average Bonchev–Trinajstić information content (AvgIpc) is 2.92. The van der Waals surface area contributed by atoms with Crippen LogP contribution in [0.3, 0.4) is 0 Å². The lowest BCUT2D eigenvalue weighted by molar-refractivity contribution is -0.00905. The van der Waals surface area contributed by atoms with Gasteiger partial charge in [-0.3, -0.25) is 0 Å². The molecule has 4 saturated carbocycles. The van der Waals surface area contributed by atoms with Crippen LogP contribution < -0.4 is 5.32 Å². The number of methoxy groups -OCH3 is 1. The van der Waals surface area contributed by atoms with Crippen molar-refractivity contribution in [3.05, 3.63) is 17.7 Å². The molecule has 0 spiro atoms. The number of nitrogens with one attached hydrogen (secondary N) is 2. The molecule has 21 heavy (non-hydrogen) atoms. The lowest BCUT2D eigenvalue weighted by Gasteiger charge is -2.56. The first kappa shape index (κ1) is 13.8. The third kappa shape index (κ3) is 2.53. The van der Waals surface area contributed by atoms with E-state index in [1.54, 1.807) is 7.11 Å². The summed E-state index contributed by atoms with van der Waals surface area (Å²) in [4.78, 5) is 8.41. The van der Waals surface area contributed by atoms with Crippen LogP contribution in [0.4, 0.5) is 0 Å². The van der Waals surface area contributed by atoms with Crippen molar-refractivity contribution >= 4 is 0 Å². The summed E-state index contributed by atoms with van der Waals surface area (Å²) < 4.78 is 5.06. The molecule has 1 aromatic heterocycles. The van der Waals surface area contributed by atoms with Gasteiger partial charge >= 0.3 is 0 Å². The van der Waals surface area contributed by atoms with Crippen molar-refractivity contribution in [1.82, 2.24) is 15.3 Å². The average molecular weight is 289 g/mol. The van der Waals surface area contributed by atoms with E-state index in [-0.39, 0.29) is 0 Å². The first-order valence-electron chi connectivity index (χ1n) is 8.51. The monoisotopic (exact) mass is 289 g/mol. The molecule has 0 saturated heterocycles. The number of nitrogens with zero attached hydrogens (tertiary/aromatic N) is 1. The highest BCUT2D eigenvalue weighted by Crippen LogP contribution is 2.60. The summed E-state index contributed by atoms with van der Waals surface area (Å²) >= 11 is 0. The van der Waals surface area contributed by atoms with E-state index in [2.05, 4.69) is 10.3 Å². The fourth-order valence-corrected chi connectivity index (χ4v) is 5.52. The third-order valence-electron chi connectivity index (χ3n) is 5.97. The molecule has 4 aliphatic rings. The molecule has 0 amide bonds. The summed E-state index contributed by atoms with van der Waals surface area (Å²) in [5.74, 6) is 4.21. The third-order valence-corrected chi connectivity index (χ3v) is 5.97. The smallest absolute Gasteiger partial charge is 0.112 e. The van der Waals surface area contributed by atoms with Crippen molar-refractivity contribution in [3.63, 3.8) is 0 Å². The second-order valence-corrected chi connectivity index (χ2v) is 7.62. The number of aromatic amines is 1. The molecule has 5 rings (SSSR count). The highest BCUT2D eigenvalue weighted by atomic mass is 16.5. The van der Waals surface area contributed by atoms with E-state index in [1.165, 1.54) is 50.0 Å². The summed E-state index contributed by atoms with van der Waals surface area (Å²) in [5, 5.41) is 3.39.